The van der Waals surface area contributed by atoms with Gasteiger partial charge < -0.3 is 9.55 Å². The van der Waals surface area contributed by atoms with E-state index in [9.17, 15) is 0 Å². The summed E-state index contributed by atoms with van der Waals surface area (Å²) in [6.45, 7) is 7.57. The van der Waals surface area contributed by atoms with Gasteiger partial charge in [0.15, 0.2) is 4.77 Å². The van der Waals surface area contributed by atoms with Gasteiger partial charge in [0, 0.05) is 18.4 Å². The van der Waals surface area contributed by atoms with Gasteiger partial charge in [-0.05, 0) is 24.6 Å². The molecule has 0 bridgehead atoms. The average Bonchev–Trinajstić information content (AvgIpc) is 2.32. The van der Waals surface area contributed by atoms with Gasteiger partial charge in [0.05, 0.1) is 0 Å². The molecule has 0 spiro atoms. The van der Waals surface area contributed by atoms with Crippen LogP contribution in [-0.2, 0) is 13.0 Å². The van der Waals surface area contributed by atoms with Crippen molar-refractivity contribution in [3.05, 3.63) is 16.7 Å². The molecule has 0 amide bonds. The Morgan fingerprint density at radius 3 is 2.75 bits per heavy atom. The lowest BCUT2D eigenvalue weighted by Gasteiger charge is -2.08. The second-order valence-electron chi connectivity index (χ2n) is 3.44. The largest absolute Gasteiger partial charge is 0.337 e. The van der Waals surface area contributed by atoms with E-state index in [4.69, 9.17) is 12.2 Å². The van der Waals surface area contributed by atoms with Crippen LogP contribution in [0.1, 0.15) is 26.5 Å². The lowest BCUT2D eigenvalue weighted by Crippen LogP contribution is -2.07. The van der Waals surface area contributed by atoms with Crippen molar-refractivity contribution >= 4 is 12.2 Å². The number of aryl methyl sites for hydroxylation is 1. The number of nitrogens with one attached hydrogen (secondary N) is 1. The number of rotatable bonds is 3. The fourth-order valence-corrected chi connectivity index (χ4v) is 1.54. The first-order chi connectivity index (χ1) is 5.65. The van der Waals surface area contributed by atoms with Crippen LogP contribution in [0.15, 0.2) is 6.20 Å². The van der Waals surface area contributed by atoms with Crippen LogP contribution in [0.3, 0.4) is 0 Å². The summed E-state index contributed by atoms with van der Waals surface area (Å²) < 4.78 is 3.03. The fraction of sp³-hybridized carbons (Fsp3) is 0.667. The summed E-state index contributed by atoms with van der Waals surface area (Å²) in [5.74, 6) is 0.651. The Balaban J connectivity index is 2.94. The summed E-state index contributed by atoms with van der Waals surface area (Å²) in [5, 5.41) is 0. The Bertz CT molecular complexity index is 296. The molecule has 0 unspecified atom stereocenters. The molecule has 2 nitrogen and oxygen atoms in total. The van der Waals surface area contributed by atoms with Gasteiger partial charge in [-0.25, -0.2) is 0 Å². The van der Waals surface area contributed by atoms with Gasteiger partial charge >= 0.3 is 0 Å². The van der Waals surface area contributed by atoms with E-state index in [0.717, 1.165) is 17.7 Å². The molecule has 0 radical (unpaired) electrons. The van der Waals surface area contributed by atoms with Crippen molar-refractivity contribution in [3.8, 4) is 0 Å². The summed E-state index contributed by atoms with van der Waals surface area (Å²) in [6, 6.07) is 0. The molecule has 0 aliphatic carbocycles. The van der Waals surface area contributed by atoms with Crippen molar-refractivity contribution < 1.29 is 0 Å². The molecule has 0 atom stereocenters. The quantitative estimate of drug-likeness (QED) is 0.716. The standard InChI is InChI=1S/C9H16N2S/c1-4-8-5-10-9(12)11(8)6-7(2)3/h5,7H,4,6H2,1-3H3,(H,10,12). The van der Waals surface area contributed by atoms with Gasteiger partial charge in [0.25, 0.3) is 0 Å². The molecule has 0 fully saturated rings. The zero-order valence-electron chi connectivity index (χ0n) is 7.92. The maximum absolute atomic E-state index is 5.16. The smallest absolute Gasteiger partial charge is 0.177 e. The number of H-pyrrole nitrogens is 1. The summed E-state index contributed by atoms with van der Waals surface area (Å²) in [5.41, 5.74) is 1.30. The minimum Gasteiger partial charge on any atom is -0.337 e. The Labute approximate surface area is 78.6 Å². The molecular weight excluding hydrogens is 168 g/mol. The maximum Gasteiger partial charge on any atom is 0.177 e. The molecule has 68 valence electrons. The Morgan fingerprint density at radius 2 is 2.25 bits per heavy atom. The number of aromatic nitrogens is 2. The highest BCUT2D eigenvalue weighted by Gasteiger charge is 2.02. The predicted octanol–water partition coefficient (Wildman–Crippen LogP) is 2.76. The zero-order chi connectivity index (χ0) is 9.14. The second kappa shape index (κ2) is 3.90. The van der Waals surface area contributed by atoms with E-state index in [-0.39, 0.29) is 0 Å². The van der Waals surface area contributed by atoms with Gasteiger partial charge in [-0.3, -0.25) is 0 Å². The van der Waals surface area contributed by atoms with Gasteiger partial charge in [0.1, 0.15) is 0 Å². The van der Waals surface area contributed by atoms with Crippen molar-refractivity contribution in [1.29, 1.82) is 0 Å². The average molecular weight is 184 g/mol. The predicted molar refractivity (Wildman–Crippen MR) is 53.8 cm³/mol. The number of imidazole rings is 1. The third-order valence-corrected chi connectivity index (χ3v) is 2.20. The van der Waals surface area contributed by atoms with Crippen molar-refractivity contribution in [2.45, 2.75) is 33.7 Å². The van der Waals surface area contributed by atoms with E-state index in [2.05, 4.69) is 30.3 Å². The topological polar surface area (TPSA) is 20.7 Å². The van der Waals surface area contributed by atoms with Crippen LogP contribution < -0.4 is 0 Å². The molecule has 1 heterocycles. The third-order valence-electron chi connectivity index (χ3n) is 1.86. The molecule has 12 heavy (non-hydrogen) atoms. The zero-order valence-corrected chi connectivity index (χ0v) is 8.74. The SMILES string of the molecule is CCc1c[nH]c(=S)n1CC(C)C. The minimum absolute atomic E-state index is 0.651. The minimum atomic E-state index is 0.651. The molecule has 1 aromatic heterocycles. The molecule has 1 aromatic rings. The van der Waals surface area contributed by atoms with Gasteiger partial charge in [-0.15, -0.1) is 0 Å². The van der Waals surface area contributed by atoms with Gasteiger partial charge in [-0.1, -0.05) is 20.8 Å². The lowest BCUT2D eigenvalue weighted by atomic mass is 10.2. The normalized spacial score (nSPS) is 11.0. The highest BCUT2D eigenvalue weighted by atomic mass is 32.1. The van der Waals surface area contributed by atoms with Gasteiger partial charge in [0.2, 0.25) is 0 Å². The van der Waals surface area contributed by atoms with Crippen LogP contribution >= 0.6 is 12.2 Å². The lowest BCUT2D eigenvalue weighted by molar-refractivity contribution is 0.506. The Kier molecular flexibility index (Phi) is 3.09. The molecule has 0 aromatic carbocycles. The van der Waals surface area contributed by atoms with Crippen molar-refractivity contribution in [3.63, 3.8) is 0 Å². The van der Waals surface area contributed by atoms with E-state index >= 15 is 0 Å². The van der Waals surface area contributed by atoms with Gasteiger partial charge in [-0.2, -0.15) is 0 Å². The molecule has 0 saturated heterocycles. The summed E-state index contributed by atoms with van der Waals surface area (Å²) in [4.78, 5) is 3.07. The Hall–Kier alpha value is -0.570. The van der Waals surface area contributed by atoms with Crippen LogP contribution in [0.4, 0.5) is 0 Å². The van der Waals surface area contributed by atoms with Crippen molar-refractivity contribution in [2.24, 2.45) is 5.92 Å². The molecule has 0 aliphatic rings. The molecule has 1 rings (SSSR count). The Morgan fingerprint density at radius 1 is 1.58 bits per heavy atom. The van der Waals surface area contributed by atoms with Crippen LogP contribution in [-0.4, -0.2) is 9.55 Å². The summed E-state index contributed by atoms with van der Waals surface area (Å²) in [6.07, 6.45) is 3.05. The number of hydrogen-bond donors (Lipinski definition) is 1. The van der Waals surface area contributed by atoms with Crippen LogP contribution in [0.2, 0.25) is 0 Å². The highest BCUT2D eigenvalue weighted by Crippen LogP contribution is 2.06. The number of nitrogens with zero attached hydrogens (tertiary/aromatic N) is 1. The highest BCUT2D eigenvalue weighted by molar-refractivity contribution is 7.71. The van der Waals surface area contributed by atoms with E-state index < -0.39 is 0 Å². The second-order valence-corrected chi connectivity index (χ2v) is 3.83. The first-order valence-electron chi connectivity index (χ1n) is 4.42. The molecule has 1 N–H and O–H groups in total. The van der Waals surface area contributed by atoms with E-state index in [1.165, 1.54) is 5.69 Å². The molecule has 0 aliphatic heterocycles. The first-order valence-corrected chi connectivity index (χ1v) is 4.83. The molecular formula is C9H16N2S. The van der Waals surface area contributed by atoms with E-state index in [1.807, 2.05) is 6.20 Å². The number of hydrogen-bond acceptors (Lipinski definition) is 1. The van der Waals surface area contributed by atoms with Crippen LogP contribution in [0, 0.1) is 10.7 Å². The molecule has 0 saturated carbocycles. The molecule has 3 heteroatoms. The first kappa shape index (κ1) is 9.52. The summed E-state index contributed by atoms with van der Waals surface area (Å²) >= 11 is 5.16. The van der Waals surface area contributed by atoms with E-state index in [0.29, 0.717) is 5.92 Å². The van der Waals surface area contributed by atoms with E-state index in [1.54, 1.807) is 0 Å². The fourth-order valence-electron chi connectivity index (χ4n) is 1.29. The van der Waals surface area contributed by atoms with Crippen LogP contribution in [0.5, 0.6) is 0 Å². The summed E-state index contributed by atoms with van der Waals surface area (Å²) in [7, 11) is 0. The third kappa shape index (κ3) is 1.97. The van der Waals surface area contributed by atoms with Crippen molar-refractivity contribution in [2.75, 3.05) is 0 Å². The van der Waals surface area contributed by atoms with Crippen molar-refractivity contribution in [1.82, 2.24) is 9.55 Å². The monoisotopic (exact) mass is 184 g/mol. The maximum atomic E-state index is 5.16. The number of aromatic amines is 1. The van der Waals surface area contributed by atoms with Crippen LogP contribution in [0.25, 0.3) is 0 Å².